The molecule has 1 heterocycles. The second-order valence-corrected chi connectivity index (χ2v) is 40.9. The van der Waals surface area contributed by atoms with Gasteiger partial charge in [-0.15, -0.1) is 0 Å². The van der Waals surface area contributed by atoms with Crippen LogP contribution >= 0.6 is 0 Å². The molecule has 14 rings (SSSR count). The summed E-state index contributed by atoms with van der Waals surface area (Å²) in [5.41, 5.74) is 32.5. The van der Waals surface area contributed by atoms with Crippen LogP contribution in [0.1, 0.15) is 216 Å². The lowest BCUT2D eigenvalue weighted by molar-refractivity contribution is -0.137. The largest absolute Gasteiger partial charge is 0.418 e. The van der Waals surface area contributed by atoms with Crippen molar-refractivity contribution >= 4 is 21.8 Å². The fraction of sp³-hybridized carbons (Fsp3) is 0.297. The molecule has 586 valence electrons. The fourth-order valence-corrected chi connectivity index (χ4v) is 15.9. The van der Waals surface area contributed by atoms with E-state index in [0.717, 1.165) is 99.8 Å². The Morgan fingerprint density at radius 2 is 0.348 bits per heavy atom. The number of nitrogens with zero attached hydrogens (tertiary/aromatic N) is 1. The molecular formula is C111H116F3N. The average molecular weight is 1520 g/mol. The highest BCUT2D eigenvalue weighted by molar-refractivity contribution is 6.12. The predicted molar refractivity (Wildman–Crippen MR) is 490 cm³/mol. The number of fused-ring (bicyclic) bond motifs is 3. The molecule has 0 amide bonds. The smallest absolute Gasteiger partial charge is 0.309 e. The normalized spacial score (nSPS) is 13.0. The van der Waals surface area contributed by atoms with Crippen LogP contribution in [0.2, 0.25) is 0 Å². The van der Waals surface area contributed by atoms with Crippen LogP contribution in [0.25, 0.3) is 139 Å². The summed E-state index contributed by atoms with van der Waals surface area (Å²) in [5.74, 6) is 0. The van der Waals surface area contributed by atoms with Crippen molar-refractivity contribution in [3.05, 3.63) is 317 Å². The molecule has 4 heteroatoms. The van der Waals surface area contributed by atoms with Crippen molar-refractivity contribution in [2.75, 3.05) is 0 Å². The van der Waals surface area contributed by atoms with Crippen molar-refractivity contribution in [1.82, 2.24) is 4.57 Å². The maximum Gasteiger partial charge on any atom is 0.418 e. The van der Waals surface area contributed by atoms with Gasteiger partial charge in [-0.3, -0.25) is 0 Å². The molecule has 115 heavy (non-hydrogen) atoms. The third-order valence-electron chi connectivity index (χ3n) is 23.6. The quantitative estimate of drug-likeness (QED) is 0.122. The molecule has 0 saturated heterocycles. The third-order valence-corrected chi connectivity index (χ3v) is 23.6. The Labute approximate surface area is 684 Å². The van der Waals surface area contributed by atoms with Crippen molar-refractivity contribution in [3.63, 3.8) is 0 Å². The van der Waals surface area contributed by atoms with Crippen LogP contribution in [0, 0.1) is 0 Å². The first-order valence-electron chi connectivity index (χ1n) is 41.2. The van der Waals surface area contributed by atoms with Crippen molar-refractivity contribution < 1.29 is 13.2 Å². The van der Waals surface area contributed by atoms with Gasteiger partial charge < -0.3 is 4.57 Å². The molecule has 14 aromatic rings. The highest BCUT2D eigenvalue weighted by Gasteiger charge is 2.35. The van der Waals surface area contributed by atoms with Gasteiger partial charge in [0.1, 0.15) is 0 Å². The van der Waals surface area contributed by atoms with E-state index in [1.807, 2.05) is 16.7 Å². The van der Waals surface area contributed by atoms with Crippen LogP contribution in [0.5, 0.6) is 0 Å². The molecule has 0 N–H and O–H groups in total. The monoisotopic (exact) mass is 1520 g/mol. The Kier molecular flexibility index (Phi) is 20.7. The highest BCUT2D eigenvalue weighted by Crippen LogP contribution is 2.47. The van der Waals surface area contributed by atoms with Crippen LogP contribution in [0.3, 0.4) is 0 Å². The summed E-state index contributed by atoms with van der Waals surface area (Å²) in [6.07, 6.45) is -4.63. The van der Waals surface area contributed by atoms with Crippen LogP contribution in [0.4, 0.5) is 13.2 Å². The minimum Gasteiger partial charge on any atom is -0.309 e. The number of alkyl halides is 3. The van der Waals surface area contributed by atoms with E-state index in [1.54, 1.807) is 12.1 Å². The van der Waals surface area contributed by atoms with Crippen molar-refractivity contribution in [1.29, 1.82) is 0 Å². The maximum atomic E-state index is 15.6. The van der Waals surface area contributed by atoms with E-state index in [9.17, 15) is 0 Å². The van der Waals surface area contributed by atoms with Crippen molar-refractivity contribution in [3.8, 4) is 117 Å². The minimum absolute atomic E-state index is 0.0417. The standard InChI is InChI=1S/C111H116F3N/c1-103(2,3)89-55-85(56-90(65-89)104(4,5)6)73-37-29-69(30-38-73)79-49-80(70-31-39-74(40-32-70)86-57-91(105(7,8)9)66-92(58-86)106(10,11)12)52-83(51-79)77-45-47-100-97(63-77)98-64-78(46-48-101(98)115(100)102-28-26-25-27-99(102)111(112,113)114)84-53-81(71-33-41-75(42-34-71)87-59-93(107(13,14)15)67-94(60-87)108(16,17)18)50-82(54-84)72-35-43-76(44-36-72)88-61-95(109(19,20)21)68-96(62-88)110(22,23)24/h25-68H,1-24H3. The summed E-state index contributed by atoms with van der Waals surface area (Å²) in [4.78, 5) is 0. The van der Waals surface area contributed by atoms with Crippen molar-refractivity contribution in [2.45, 2.75) is 216 Å². The molecule has 0 unspecified atom stereocenters. The van der Waals surface area contributed by atoms with Gasteiger partial charge in [0.15, 0.2) is 0 Å². The summed E-state index contributed by atoms with van der Waals surface area (Å²) in [6.45, 7) is 54.9. The van der Waals surface area contributed by atoms with Crippen molar-refractivity contribution in [2.24, 2.45) is 0 Å². The number of hydrogen-bond acceptors (Lipinski definition) is 0. The molecule has 0 fully saturated rings. The van der Waals surface area contributed by atoms with E-state index in [0.29, 0.717) is 11.0 Å². The number of para-hydroxylation sites is 1. The van der Waals surface area contributed by atoms with Crippen LogP contribution in [-0.2, 0) is 49.5 Å². The Morgan fingerprint density at radius 1 is 0.174 bits per heavy atom. The molecule has 1 aromatic heterocycles. The SMILES string of the molecule is CC(C)(C)c1cc(-c2ccc(-c3cc(-c4ccc(-c5cc(C(C)(C)C)cc(C(C)(C)C)c5)cc4)cc(-c4ccc5c(c4)c4cc(-c6cc(-c7ccc(-c8cc(C(C)(C)C)cc(C(C)(C)C)c8)cc7)cc(-c7ccc(-c8cc(C(C)(C)C)cc(C(C)(C)C)c8)cc7)c6)ccc4n5-c4ccccc4C(F)(F)F)c3)cc2)cc(C(C)(C)C)c1. The van der Waals surface area contributed by atoms with E-state index in [1.165, 1.54) is 78.9 Å². The van der Waals surface area contributed by atoms with Crippen LogP contribution in [0.15, 0.2) is 267 Å². The number of hydrogen-bond donors (Lipinski definition) is 0. The molecule has 0 aliphatic carbocycles. The Bertz CT molecular complexity index is 5260. The van der Waals surface area contributed by atoms with Gasteiger partial charge in [0.05, 0.1) is 22.3 Å². The lowest BCUT2D eigenvalue weighted by atomic mass is 9.79. The minimum atomic E-state index is -4.63. The summed E-state index contributed by atoms with van der Waals surface area (Å²) < 4.78 is 48.7. The van der Waals surface area contributed by atoms with Gasteiger partial charge in [-0.1, -0.05) is 360 Å². The van der Waals surface area contributed by atoms with E-state index < -0.39 is 11.7 Å². The van der Waals surface area contributed by atoms with E-state index in [4.69, 9.17) is 0 Å². The fourth-order valence-electron chi connectivity index (χ4n) is 15.9. The first-order valence-corrected chi connectivity index (χ1v) is 41.2. The average Bonchev–Trinajstić information content (AvgIpc) is 1.58. The second kappa shape index (κ2) is 29.3. The molecule has 0 spiro atoms. The van der Waals surface area contributed by atoms with Gasteiger partial charge in [0.25, 0.3) is 0 Å². The summed E-state index contributed by atoms with van der Waals surface area (Å²) in [5, 5.41) is 1.67. The molecule has 0 radical (unpaired) electrons. The summed E-state index contributed by atoms with van der Waals surface area (Å²) in [6, 6.07) is 96.8. The number of halogens is 3. The third kappa shape index (κ3) is 17.2. The zero-order valence-corrected chi connectivity index (χ0v) is 72.5. The first-order chi connectivity index (χ1) is 53.6. The van der Waals surface area contributed by atoms with Gasteiger partial charge in [-0.05, 0) is 272 Å². The Balaban J connectivity index is 0.952. The topological polar surface area (TPSA) is 4.93 Å². The molecule has 13 aromatic carbocycles. The van der Waals surface area contributed by atoms with Gasteiger partial charge >= 0.3 is 6.18 Å². The van der Waals surface area contributed by atoms with E-state index in [-0.39, 0.29) is 49.0 Å². The van der Waals surface area contributed by atoms with Gasteiger partial charge in [0.2, 0.25) is 0 Å². The number of benzene rings is 13. The Hall–Kier alpha value is -10.6. The second-order valence-electron chi connectivity index (χ2n) is 40.9. The summed E-state index contributed by atoms with van der Waals surface area (Å²) in [7, 11) is 0. The lowest BCUT2D eigenvalue weighted by Crippen LogP contribution is -2.16. The molecular weight excluding hydrogens is 1400 g/mol. The number of aromatic nitrogens is 1. The van der Waals surface area contributed by atoms with E-state index >= 15 is 13.2 Å². The first kappa shape index (κ1) is 81.0. The molecule has 0 atom stereocenters. The molecule has 0 aliphatic rings. The lowest BCUT2D eigenvalue weighted by Gasteiger charge is -2.26. The van der Waals surface area contributed by atoms with Crippen LogP contribution < -0.4 is 0 Å². The van der Waals surface area contributed by atoms with Gasteiger partial charge in [0, 0.05) is 10.8 Å². The Morgan fingerprint density at radius 3 is 0.539 bits per heavy atom. The zero-order chi connectivity index (χ0) is 82.8. The zero-order valence-electron chi connectivity index (χ0n) is 72.5. The number of rotatable bonds is 11. The predicted octanol–water partition coefficient (Wildman–Crippen LogP) is 32.9. The molecule has 0 saturated carbocycles. The summed E-state index contributed by atoms with van der Waals surface area (Å²) >= 11 is 0. The van der Waals surface area contributed by atoms with Gasteiger partial charge in [-0.2, -0.15) is 13.2 Å². The van der Waals surface area contributed by atoms with Gasteiger partial charge in [-0.25, -0.2) is 0 Å². The maximum absolute atomic E-state index is 15.6. The van der Waals surface area contributed by atoms with Crippen LogP contribution in [-0.4, -0.2) is 4.57 Å². The highest BCUT2D eigenvalue weighted by atomic mass is 19.4. The molecule has 0 bridgehead atoms. The van der Waals surface area contributed by atoms with E-state index in [2.05, 4.69) is 397 Å². The molecule has 1 nitrogen and oxygen atoms in total. The molecule has 0 aliphatic heterocycles.